The van der Waals surface area contributed by atoms with Crippen molar-refractivity contribution in [2.45, 2.75) is 25.8 Å². The van der Waals surface area contributed by atoms with Crippen molar-refractivity contribution in [1.82, 2.24) is 5.32 Å². The summed E-state index contributed by atoms with van der Waals surface area (Å²) in [7, 11) is 0. The number of nitriles is 1. The normalized spacial score (nSPS) is 16.0. The zero-order chi connectivity index (χ0) is 13.0. The molecule has 4 heteroatoms. The summed E-state index contributed by atoms with van der Waals surface area (Å²) in [6, 6.07) is 6.96. The lowest BCUT2D eigenvalue weighted by Gasteiger charge is -2.13. The Morgan fingerprint density at radius 1 is 1.56 bits per heavy atom. The van der Waals surface area contributed by atoms with Gasteiger partial charge in [-0.2, -0.15) is 5.26 Å². The zero-order valence-electron chi connectivity index (χ0n) is 10.5. The number of phenols is 1. The van der Waals surface area contributed by atoms with Crippen LogP contribution in [0.25, 0.3) is 0 Å². The third kappa shape index (κ3) is 3.14. The van der Waals surface area contributed by atoms with Crippen LogP contribution in [0.5, 0.6) is 11.5 Å². The monoisotopic (exact) mass is 246 g/mol. The van der Waals surface area contributed by atoms with E-state index in [2.05, 4.69) is 11.4 Å². The molecule has 18 heavy (non-hydrogen) atoms. The number of ether oxygens (including phenoxy) is 1. The van der Waals surface area contributed by atoms with Gasteiger partial charge in [-0.15, -0.1) is 0 Å². The van der Waals surface area contributed by atoms with Crippen LogP contribution in [-0.2, 0) is 0 Å². The van der Waals surface area contributed by atoms with Gasteiger partial charge in [-0.3, -0.25) is 5.32 Å². The fourth-order valence-corrected chi connectivity index (χ4v) is 1.83. The highest BCUT2D eigenvalue weighted by molar-refractivity contribution is 5.43. The van der Waals surface area contributed by atoms with Gasteiger partial charge in [0.15, 0.2) is 11.5 Å². The van der Waals surface area contributed by atoms with Gasteiger partial charge in [-0.1, -0.05) is 6.07 Å². The maximum atomic E-state index is 9.62. The molecule has 2 N–H and O–H groups in total. The van der Waals surface area contributed by atoms with E-state index < -0.39 is 0 Å². The molecule has 1 saturated carbocycles. The van der Waals surface area contributed by atoms with E-state index in [9.17, 15) is 10.4 Å². The Hall–Kier alpha value is -1.73. The average Bonchev–Trinajstić information content (AvgIpc) is 3.18. The Labute approximate surface area is 107 Å². The largest absolute Gasteiger partial charge is 0.504 e. The predicted molar refractivity (Wildman–Crippen MR) is 68.4 cm³/mol. The molecule has 0 aromatic heterocycles. The lowest BCUT2D eigenvalue weighted by atomic mass is 10.1. The SMILES string of the molecule is CCOc1cc(C(C#N)NCC2CC2)ccc1O. The fraction of sp³-hybridized carbons (Fsp3) is 0.500. The van der Waals surface area contributed by atoms with Crippen LogP contribution in [0.2, 0.25) is 0 Å². The quantitative estimate of drug-likeness (QED) is 0.808. The van der Waals surface area contributed by atoms with Crippen molar-refractivity contribution in [2.24, 2.45) is 5.92 Å². The van der Waals surface area contributed by atoms with Crippen LogP contribution in [0.1, 0.15) is 31.4 Å². The van der Waals surface area contributed by atoms with Gasteiger partial charge in [0.2, 0.25) is 0 Å². The molecule has 0 heterocycles. The number of aromatic hydroxyl groups is 1. The zero-order valence-corrected chi connectivity index (χ0v) is 10.5. The molecule has 0 aliphatic heterocycles. The van der Waals surface area contributed by atoms with E-state index in [4.69, 9.17) is 4.74 Å². The third-order valence-corrected chi connectivity index (χ3v) is 3.05. The molecule has 4 nitrogen and oxygen atoms in total. The Morgan fingerprint density at radius 3 is 2.94 bits per heavy atom. The molecule has 0 bridgehead atoms. The van der Waals surface area contributed by atoms with E-state index >= 15 is 0 Å². The third-order valence-electron chi connectivity index (χ3n) is 3.05. The summed E-state index contributed by atoms with van der Waals surface area (Å²) in [6.45, 7) is 3.23. The molecule has 96 valence electrons. The molecular formula is C14H18N2O2. The van der Waals surface area contributed by atoms with Gasteiger partial charge in [0.05, 0.1) is 12.7 Å². The molecule has 2 rings (SSSR count). The van der Waals surface area contributed by atoms with Crippen LogP contribution in [0.15, 0.2) is 18.2 Å². The number of hydrogen-bond acceptors (Lipinski definition) is 4. The first-order valence-corrected chi connectivity index (χ1v) is 6.33. The highest BCUT2D eigenvalue weighted by Gasteiger charge is 2.23. The first-order chi connectivity index (χ1) is 8.74. The standard InChI is InChI=1S/C14H18N2O2/c1-2-18-14-7-11(5-6-13(14)17)12(8-15)16-9-10-3-4-10/h5-7,10,12,16-17H,2-4,9H2,1H3. The van der Waals surface area contributed by atoms with Crippen LogP contribution in [-0.4, -0.2) is 18.3 Å². The van der Waals surface area contributed by atoms with E-state index in [1.54, 1.807) is 18.2 Å². The Balaban J connectivity index is 2.08. The van der Waals surface area contributed by atoms with Gasteiger partial charge in [-0.25, -0.2) is 0 Å². The molecular weight excluding hydrogens is 228 g/mol. The Kier molecular flexibility index (Phi) is 4.06. The Morgan fingerprint density at radius 2 is 2.33 bits per heavy atom. The molecule has 0 spiro atoms. The molecule has 0 saturated heterocycles. The van der Waals surface area contributed by atoms with Crippen LogP contribution < -0.4 is 10.1 Å². The van der Waals surface area contributed by atoms with Gasteiger partial charge in [0.25, 0.3) is 0 Å². The smallest absolute Gasteiger partial charge is 0.161 e. The summed E-state index contributed by atoms with van der Waals surface area (Å²) >= 11 is 0. The molecule has 1 atom stereocenters. The van der Waals surface area contributed by atoms with Gasteiger partial charge in [-0.05, 0) is 49.9 Å². The summed E-state index contributed by atoms with van der Waals surface area (Å²) in [4.78, 5) is 0. The van der Waals surface area contributed by atoms with Crippen molar-refractivity contribution >= 4 is 0 Å². The number of nitrogens with one attached hydrogen (secondary N) is 1. The van der Waals surface area contributed by atoms with Crippen LogP contribution in [0.4, 0.5) is 0 Å². The molecule has 1 unspecified atom stereocenters. The molecule has 1 aliphatic carbocycles. The lowest BCUT2D eigenvalue weighted by molar-refractivity contribution is 0.317. The molecule has 0 amide bonds. The summed E-state index contributed by atoms with van der Waals surface area (Å²) in [6.07, 6.45) is 2.51. The number of benzene rings is 1. The second kappa shape index (κ2) is 5.74. The Bertz CT molecular complexity index is 450. The summed E-state index contributed by atoms with van der Waals surface area (Å²) in [5.74, 6) is 1.27. The van der Waals surface area contributed by atoms with E-state index in [1.807, 2.05) is 6.92 Å². The van der Waals surface area contributed by atoms with Crippen molar-refractivity contribution < 1.29 is 9.84 Å². The summed E-state index contributed by atoms with van der Waals surface area (Å²) < 4.78 is 5.32. The maximum Gasteiger partial charge on any atom is 0.161 e. The highest BCUT2D eigenvalue weighted by atomic mass is 16.5. The summed E-state index contributed by atoms with van der Waals surface area (Å²) in [5, 5.41) is 22.0. The fourth-order valence-electron chi connectivity index (χ4n) is 1.83. The van der Waals surface area contributed by atoms with Crippen LogP contribution >= 0.6 is 0 Å². The number of rotatable bonds is 6. The van der Waals surface area contributed by atoms with E-state index in [0.717, 1.165) is 18.0 Å². The van der Waals surface area contributed by atoms with Crippen LogP contribution in [0.3, 0.4) is 0 Å². The minimum atomic E-state index is -0.342. The first kappa shape index (κ1) is 12.7. The van der Waals surface area contributed by atoms with Crippen LogP contribution in [0, 0.1) is 17.2 Å². The second-order valence-corrected chi connectivity index (χ2v) is 4.57. The molecule has 1 aliphatic rings. The maximum absolute atomic E-state index is 9.62. The number of hydrogen-bond donors (Lipinski definition) is 2. The van der Waals surface area contributed by atoms with Crippen molar-refractivity contribution in [3.05, 3.63) is 23.8 Å². The van der Waals surface area contributed by atoms with Crippen molar-refractivity contribution in [2.75, 3.05) is 13.2 Å². The molecule has 0 radical (unpaired) electrons. The van der Waals surface area contributed by atoms with Crippen molar-refractivity contribution in [3.63, 3.8) is 0 Å². The first-order valence-electron chi connectivity index (χ1n) is 6.33. The van der Waals surface area contributed by atoms with Gasteiger partial charge in [0.1, 0.15) is 6.04 Å². The summed E-state index contributed by atoms with van der Waals surface area (Å²) in [5.41, 5.74) is 0.833. The minimum Gasteiger partial charge on any atom is -0.504 e. The van der Waals surface area contributed by atoms with E-state index in [-0.39, 0.29) is 11.8 Å². The van der Waals surface area contributed by atoms with Crippen molar-refractivity contribution in [1.29, 1.82) is 5.26 Å². The van der Waals surface area contributed by atoms with Gasteiger partial charge >= 0.3 is 0 Å². The minimum absolute atomic E-state index is 0.111. The molecule has 1 aromatic rings. The number of nitrogens with zero attached hydrogens (tertiary/aromatic N) is 1. The van der Waals surface area contributed by atoms with Gasteiger partial charge in [0, 0.05) is 0 Å². The van der Waals surface area contributed by atoms with E-state index in [1.165, 1.54) is 12.8 Å². The topological polar surface area (TPSA) is 65.3 Å². The second-order valence-electron chi connectivity index (χ2n) is 4.57. The number of phenolic OH excluding ortho intramolecular Hbond substituents is 1. The molecule has 1 aromatic carbocycles. The highest BCUT2D eigenvalue weighted by Crippen LogP contribution is 2.31. The lowest BCUT2D eigenvalue weighted by Crippen LogP contribution is -2.22. The average molecular weight is 246 g/mol. The van der Waals surface area contributed by atoms with Gasteiger partial charge < -0.3 is 9.84 Å². The van der Waals surface area contributed by atoms with Crippen molar-refractivity contribution in [3.8, 4) is 17.6 Å². The van der Waals surface area contributed by atoms with E-state index in [0.29, 0.717) is 12.4 Å². The molecule has 1 fully saturated rings. The predicted octanol–water partition coefficient (Wildman–Crippen LogP) is 2.36.